The van der Waals surface area contributed by atoms with E-state index in [0.717, 1.165) is 10.5 Å². The summed E-state index contributed by atoms with van der Waals surface area (Å²) < 4.78 is 55.3. The molecular weight excluding hydrogens is 489 g/mol. The van der Waals surface area contributed by atoms with E-state index in [1.807, 2.05) is 5.32 Å². The van der Waals surface area contributed by atoms with E-state index < -0.39 is 40.3 Å². The number of allylic oxidation sites excluding steroid dienone is 1. The number of carbonyl (C=O) groups is 3. The van der Waals surface area contributed by atoms with Gasteiger partial charge in [-0.2, -0.15) is 13.2 Å². The average molecular weight is 517 g/mol. The van der Waals surface area contributed by atoms with E-state index in [1.54, 1.807) is 32.9 Å². The number of hydrogen-bond donors (Lipinski definition) is 1. The van der Waals surface area contributed by atoms with Gasteiger partial charge in [-0.15, -0.1) is 0 Å². The second kappa shape index (κ2) is 8.93. The van der Waals surface area contributed by atoms with Gasteiger partial charge < -0.3 is 14.8 Å². The zero-order chi connectivity index (χ0) is 27.3. The molecule has 1 atom stereocenters. The van der Waals surface area contributed by atoms with Crippen molar-refractivity contribution in [2.75, 3.05) is 19.1 Å². The molecule has 0 bridgehead atoms. The van der Waals surface area contributed by atoms with Crippen molar-refractivity contribution in [1.29, 1.82) is 0 Å². The zero-order valence-corrected chi connectivity index (χ0v) is 21.1. The molecule has 2 aromatic rings. The number of aryl methyl sites for hydroxylation is 1. The van der Waals surface area contributed by atoms with Crippen LogP contribution in [0.3, 0.4) is 0 Å². The number of ketones is 1. The molecule has 2 aliphatic rings. The molecule has 1 aliphatic heterocycles. The van der Waals surface area contributed by atoms with Gasteiger partial charge in [-0.1, -0.05) is 31.5 Å². The Hall–Kier alpha value is -3.82. The number of benzene rings is 2. The van der Waals surface area contributed by atoms with Gasteiger partial charge in [0.05, 0.1) is 19.8 Å². The maximum Gasteiger partial charge on any atom is 0.425 e. The van der Waals surface area contributed by atoms with Crippen molar-refractivity contribution in [3.8, 4) is 11.5 Å². The molecule has 7 nitrogen and oxygen atoms in total. The first kappa shape index (κ1) is 26.2. The molecular formula is C27H27F3N2O5. The highest BCUT2D eigenvalue weighted by atomic mass is 19.4. The van der Waals surface area contributed by atoms with Crippen molar-refractivity contribution in [2.45, 2.75) is 45.3 Å². The largest absolute Gasteiger partial charge is 0.493 e. The summed E-state index contributed by atoms with van der Waals surface area (Å²) in [7, 11) is 2.69. The maximum absolute atomic E-state index is 15.0. The Kier molecular flexibility index (Phi) is 6.34. The number of Topliss-reactive ketones (excluding diaryl/α,β-unsaturated/α-hetero) is 1. The topological polar surface area (TPSA) is 84.9 Å². The fourth-order valence-electron chi connectivity index (χ4n) is 4.94. The number of hydrogen-bond acceptors (Lipinski definition) is 5. The number of rotatable bonds is 5. The first-order valence-corrected chi connectivity index (χ1v) is 11.5. The molecule has 0 spiro atoms. The molecule has 0 aromatic heterocycles. The van der Waals surface area contributed by atoms with E-state index in [9.17, 15) is 14.4 Å². The van der Waals surface area contributed by atoms with Gasteiger partial charge in [0.1, 0.15) is 0 Å². The van der Waals surface area contributed by atoms with Crippen LogP contribution in [-0.2, 0) is 9.59 Å². The lowest BCUT2D eigenvalue weighted by atomic mass is 9.72. The van der Waals surface area contributed by atoms with Gasteiger partial charge in [-0.3, -0.25) is 19.3 Å². The molecule has 0 radical (unpaired) electrons. The van der Waals surface area contributed by atoms with E-state index in [-0.39, 0.29) is 41.3 Å². The van der Waals surface area contributed by atoms with Crippen LogP contribution in [0.1, 0.15) is 42.6 Å². The highest BCUT2D eigenvalue weighted by molar-refractivity contribution is 6.21. The summed E-state index contributed by atoms with van der Waals surface area (Å²) in [5, 5.41) is 1.93. The lowest BCUT2D eigenvalue weighted by Gasteiger charge is -2.35. The summed E-state index contributed by atoms with van der Waals surface area (Å²) in [4.78, 5) is 41.3. The van der Waals surface area contributed by atoms with Crippen molar-refractivity contribution in [3.63, 3.8) is 0 Å². The maximum atomic E-state index is 15.0. The Balaban J connectivity index is 1.90. The minimum absolute atomic E-state index is 0.0394. The van der Waals surface area contributed by atoms with Crippen LogP contribution >= 0.6 is 0 Å². The first-order chi connectivity index (χ1) is 17.3. The molecule has 10 heteroatoms. The zero-order valence-electron chi connectivity index (χ0n) is 21.1. The van der Waals surface area contributed by atoms with Crippen LogP contribution in [-0.4, -0.2) is 43.5 Å². The number of halogens is 3. The molecule has 2 aromatic carbocycles. The number of amides is 2. The molecule has 196 valence electrons. The van der Waals surface area contributed by atoms with E-state index >= 15 is 13.2 Å². The molecule has 1 aliphatic carbocycles. The van der Waals surface area contributed by atoms with E-state index in [0.29, 0.717) is 0 Å². The molecule has 0 saturated carbocycles. The van der Waals surface area contributed by atoms with Crippen LogP contribution in [0.2, 0.25) is 0 Å². The van der Waals surface area contributed by atoms with E-state index in [2.05, 4.69) is 0 Å². The molecule has 4 rings (SSSR count). The van der Waals surface area contributed by atoms with Gasteiger partial charge in [0, 0.05) is 23.4 Å². The van der Waals surface area contributed by atoms with Crippen LogP contribution in [0.25, 0.3) is 0 Å². The molecule has 0 fully saturated rings. The fraction of sp³-hybridized carbons (Fsp3) is 0.370. The lowest BCUT2D eigenvalue weighted by molar-refractivity contribution is -0.186. The third-order valence-electron chi connectivity index (χ3n) is 6.69. The second-order valence-electron chi connectivity index (χ2n) is 10.0. The Bertz CT molecular complexity index is 1310. The smallest absolute Gasteiger partial charge is 0.425 e. The van der Waals surface area contributed by atoms with Crippen LogP contribution in [0, 0.1) is 12.3 Å². The third kappa shape index (κ3) is 4.24. The highest BCUT2D eigenvalue weighted by Crippen LogP contribution is 2.53. The van der Waals surface area contributed by atoms with Gasteiger partial charge in [-0.25, -0.2) is 0 Å². The Morgan fingerprint density at radius 2 is 1.59 bits per heavy atom. The molecule has 0 saturated heterocycles. The number of methoxy groups -OCH3 is 2. The SMILES string of the molecule is COc1ccc(C(=O)N[C@]2(C(F)(F)F)C(=O)N(c3ccc(C)cc3)C3=C2C(=O)CC(C)(C)C3)cc1OC. The van der Waals surface area contributed by atoms with Crippen molar-refractivity contribution in [1.82, 2.24) is 5.32 Å². The van der Waals surface area contributed by atoms with Gasteiger partial charge >= 0.3 is 6.18 Å². The summed E-state index contributed by atoms with van der Waals surface area (Å²) in [6.45, 7) is 5.31. The minimum atomic E-state index is -5.31. The van der Waals surface area contributed by atoms with E-state index in [1.165, 1.54) is 44.6 Å². The summed E-state index contributed by atoms with van der Waals surface area (Å²) in [5.74, 6) is -3.10. The molecule has 37 heavy (non-hydrogen) atoms. The standard InChI is InChI=1S/C27H27F3N2O5/c1-15-6-9-17(10-7-15)32-18-13-25(2,3)14-19(33)22(18)26(24(32)35,27(28,29)30)31-23(34)16-8-11-20(36-4)21(12-16)37-5/h6-12H,13-14H2,1-5H3,(H,31,34)/t26-/m0/s1. The molecule has 1 N–H and O–H groups in total. The predicted octanol–water partition coefficient (Wildman–Crippen LogP) is 4.73. The number of nitrogens with zero attached hydrogens (tertiary/aromatic N) is 1. The van der Waals surface area contributed by atoms with Crippen molar-refractivity contribution < 1.29 is 37.0 Å². The van der Waals surface area contributed by atoms with Crippen LogP contribution < -0.4 is 19.7 Å². The quantitative estimate of drug-likeness (QED) is 0.621. The number of anilines is 1. The number of carbonyl (C=O) groups excluding carboxylic acids is 3. The summed E-state index contributed by atoms with van der Waals surface area (Å²) >= 11 is 0. The number of nitrogens with one attached hydrogen (secondary N) is 1. The Morgan fingerprint density at radius 1 is 0.973 bits per heavy atom. The van der Waals surface area contributed by atoms with Crippen molar-refractivity contribution in [3.05, 3.63) is 64.9 Å². The molecule has 0 unspecified atom stereocenters. The monoisotopic (exact) mass is 516 g/mol. The normalized spacial score (nSPS) is 21.1. The van der Waals surface area contributed by atoms with Crippen molar-refractivity contribution >= 4 is 23.3 Å². The minimum Gasteiger partial charge on any atom is -0.493 e. The van der Waals surface area contributed by atoms with Crippen LogP contribution in [0.5, 0.6) is 11.5 Å². The summed E-state index contributed by atoms with van der Waals surface area (Å²) in [5.41, 5.74) is -4.21. The predicted molar refractivity (Wildman–Crippen MR) is 130 cm³/mol. The van der Waals surface area contributed by atoms with Crippen molar-refractivity contribution in [2.24, 2.45) is 5.41 Å². The summed E-state index contributed by atoms with van der Waals surface area (Å²) in [6.07, 6.45) is -5.48. The molecule has 1 heterocycles. The van der Waals surface area contributed by atoms with E-state index in [4.69, 9.17) is 9.47 Å². The van der Waals surface area contributed by atoms with Gasteiger partial charge in [0.25, 0.3) is 11.8 Å². The van der Waals surface area contributed by atoms with Gasteiger partial charge in [0.15, 0.2) is 17.3 Å². The Morgan fingerprint density at radius 3 is 2.16 bits per heavy atom. The Labute approximate surface area is 212 Å². The van der Waals surface area contributed by atoms with Gasteiger partial charge in [0.2, 0.25) is 5.54 Å². The first-order valence-electron chi connectivity index (χ1n) is 11.5. The molecule has 2 amide bonds. The van der Waals surface area contributed by atoms with Crippen LogP contribution in [0.4, 0.5) is 18.9 Å². The third-order valence-corrected chi connectivity index (χ3v) is 6.69. The summed E-state index contributed by atoms with van der Waals surface area (Å²) in [6, 6.07) is 10.2. The second-order valence-corrected chi connectivity index (χ2v) is 10.0. The number of ether oxygens (including phenoxy) is 2. The van der Waals surface area contributed by atoms with Crippen LogP contribution in [0.15, 0.2) is 53.7 Å². The lowest BCUT2D eigenvalue weighted by Crippen LogP contribution is -2.66. The average Bonchev–Trinajstić information content (AvgIpc) is 3.06. The van der Waals surface area contributed by atoms with Gasteiger partial charge in [-0.05, 0) is 49.1 Å². The highest BCUT2D eigenvalue weighted by Gasteiger charge is 2.72. The number of alkyl halides is 3. The fourth-order valence-corrected chi connectivity index (χ4v) is 4.94.